The zero-order valence-corrected chi connectivity index (χ0v) is 12.5. The van der Waals surface area contributed by atoms with E-state index < -0.39 is 0 Å². The first-order valence-electron chi connectivity index (χ1n) is 7.23. The SMILES string of the molecule is CCCCCCCCCC(=O)c1ccc(N)cc1Cl. The molecule has 106 valence electrons. The Labute approximate surface area is 121 Å². The fourth-order valence-electron chi connectivity index (χ4n) is 2.13. The zero-order valence-electron chi connectivity index (χ0n) is 11.8. The van der Waals surface area contributed by atoms with Gasteiger partial charge in [-0.15, -0.1) is 0 Å². The van der Waals surface area contributed by atoms with Gasteiger partial charge in [0.1, 0.15) is 0 Å². The predicted molar refractivity (Wildman–Crippen MR) is 82.8 cm³/mol. The van der Waals surface area contributed by atoms with Crippen molar-refractivity contribution in [2.24, 2.45) is 0 Å². The number of carbonyl (C=O) groups is 1. The standard InChI is InChI=1S/C16H24ClNO/c1-2-3-4-5-6-7-8-9-16(19)14-11-10-13(18)12-15(14)17/h10-12H,2-9,18H2,1H3. The van der Waals surface area contributed by atoms with Crippen LogP contribution in [0.4, 0.5) is 5.69 Å². The molecule has 3 heteroatoms. The summed E-state index contributed by atoms with van der Waals surface area (Å²) >= 11 is 6.02. The number of benzene rings is 1. The minimum Gasteiger partial charge on any atom is -0.399 e. The van der Waals surface area contributed by atoms with Crippen LogP contribution in [0.25, 0.3) is 0 Å². The molecular formula is C16H24ClNO. The van der Waals surface area contributed by atoms with E-state index in [1.165, 1.54) is 32.1 Å². The van der Waals surface area contributed by atoms with Crippen molar-refractivity contribution in [3.63, 3.8) is 0 Å². The molecule has 0 aliphatic rings. The van der Waals surface area contributed by atoms with Crippen molar-refractivity contribution < 1.29 is 4.79 Å². The lowest BCUT2D eigenvalue weighted by atomic mass is 10.0. The van der Waals surface area contributed by atoms with E-state index in [0.717, 1.165) is 12.8 Å². The van der Waals surface area contributed by atoms with Gasteiger partial charge in [0.2, 0.25) is 0 Å². The molecular weight excluding hydrogens is 258 g/mol. The summed E-state index contributed by atoms with van der Waals surface area (Å²) in [7, 11) is 0. The van der Waals surface area contributed by atoms with E-state index in [0.29, 0.717) is 22.7 Å². The number of ketones is 1. The number of Topliss-reactive ketones (excluding diaryl/α,β-unsaturated/α-hetero) is 1. The fraction of sp³-hybridized carbons (Fsp3) is 0.562. The second-order valence-electron chi connectivity index (χ2n) is 5.03. The van der Waals surface area contributed by atoms with Gasteiger partial charge in [0.05, 0.1) is 5.02 Å². The van der Waals surface area contributed by atoms with Crippen LogP contribution in [0.5, 0.6) is 0 Å². The summed E-state index contributed by atoms with van der Waals surface area (Å²) in [5, 5.41) is 0.466. The van der Waals surface area contributed by atoms with E-state index in [1.807, 2.05) is 0 Å². The van der Waals surface area contributed by atoms with Gasteiger partial charge < -0.3 is 5.73 Å². The zero-order chi connectivity index (χ0) is 14.1. The third kappa shape index (κ3) is 6.11. The van der Waals surface area contributed by atoms with Gasteiger partial charge in [0, 0.05) is 17.7 Å². The number of nitrogens with two attached hydrogens (primary N) is 1. The monoisotopic (exact) mass is 281 g/mol. The summed E-state index contributed by atoms with van der Waals surface area (Å²) in [5.41, 5.74) is 6.81. The molecule has 1 rings (SSSR count). The molecule has 0 bridgehead atoms. The Bertz CT molecular complexity index is 404. The van der Waals surface area contributed by atoms with Crippen LogP contribution < -0.4 is 5.73 Å². The van der Waals surface area contributed by atoms with Crippen LogP contribution in [0.1, 0.15) is 68.6 Å². The largest absolute Gasteiger partial charge is 0.399 e. The van der Waals surface area contributed by atoms with Crippen LogP contribution in [0.3, 0.4) is 0 Å². The number of nitrogen functional groups attached to an aromatic ring is 1. The smallest absolute Gasteiger partial charge is 0.164 e. The Morgan fingerprint density at radius 2 is 1.74 bits per heavy atom. The Kier molecular flexibility index (Phi) is 7.57. The van der Waals surface area contributed by atoms with Gasteiger partial charge in [-0.05, 0) is 24.6 Å². The Balaban J connectivity index is 2.24. The third-order valence-corrected chi connectivity index (χ3v) is 3.61. The first-order chi connectivity index (χ1) is 9.15. The van der Waals surface area contributed by atoms with E-state index in [9.17, 15) is 4.79 Å². The molecule has 0 saturated heterocycles. The van der Waals surface area contributed by atoms with Gasteiger partial charge >= 0.3 is 0 Å². The lowest BCUT2D eigenvalue weighted by molar-refractivity contribution is 0.0979. The molecule has 0 fully saturated rings. The quantitative estimate of drug-likeness (QED) is 0.382. The van der Waals surface area contributed by atoms with E-state index in [2.05, 4.69) is 6.92 Å². The number of rotatable bonds is 9. The lowest BCUT2D eigenvalue weighted by Crippen LogP contribution is -2.00. The molecule has 2 N–H and O–H groups in total. The van der Waals surface area contributed by atoms with Gasteiger partial charge in [-0.3, -0.25) is 4.79 Å². The summed E-state index contributed by atoms with van der Waals surface area (Å²) in [4.78, 5) is 12.0. The normalized spacial score (nSPS) is 10.6. The predicted octanol–water partition coefficient (Wildman–Crippen LogP) is 5.25. The molecule has 1 aromatic rings. The molecule has 0 radical (unpaired) electrons. The lowest BCUT2D eigenvalue weighted by Gasteiger charge is -2.05. The van der Waals surface area contributed by atoms with Gasteiger partial charge in [-0.1, -0.05) is 57.0 Å². The number of hydrogen-bond acceptors (Lipinski definition) is 2. The molecule has 0 aromatic heterocycles. The molecule has 0 aliphatic heterocycles. The maximum absolute atomic E-state index is 12.0. The minimum absolute atomic E-state index is 0.124. The second kappa shape index (κ2) is 8.98. The van der Waals surface area contributed by atoms with E-state index >= 15 is 0 Å². The van der Waals surface area contributed by atoms with Crippen LogP contribution >= 0.6 is 11.6 Å². The first-order valence-corrected chi connectivity index (χ1v) is 7.61. The maximum Gasteiger partial charge on any atom is 0.164 e. The Morgan fingerprint density at radius 3 is 2.37 bits per heavy atom. The first kappa shape index (κ1) is 16.0. The van der Waals surface area contributed by atoms with E-state index in [4.69, 9.17) is 17.3 Å². The van der Waals surface area contributed by atoms with Gasteiger partial charge in [0.25, 0.3) is 0 Å². The second-order valence-corrected chi connectivity index (χ2v) is 5.44. The molecule has 0 atom stereocenters. The summed E-state index contributed by atoms with van der Waals surface area (Å²) in [6, 6.07) is 5.09. The number of unbranched alkanes of at least 4 members (excludes halogenated alkanes) is 6. The number of halogens is 1. The molecule has 0 spiro atoms. The molecule has 0 unspecified atom stereocenters. The van der Waals surface area contributed by atoms with E-state index in [1.54, 1.807) is 18.2 Å². The molecule has 0 saturated carbocycles. The summed E-state index contributed by atoms with van der Waals surface area (Å²) in [6.45, 7) is 2.22. The summed E-state index contributed by atoms with van der Waals surface area (Å²) in [5.74, 6) is 0.124. The number of anilines is 1. The Hall–Kier alpha value is -1.02. The summed E-state index contributed by atoms with van der Waals surface area (Å²) in [6.07, 6.45) is 9.07. The fourth-order valence-corrected chi connectivity index (χ4v) is 2.43. The molecule has 2 nitrogen and oxygen atoms in total. The van der Waals surface area contributed by atoms with Crippen LogP contribution in [-0.4, -0.2) is 5.78 Å². The molecule has 0 heterocycles. The Morgan fingerprint density at radius 1 is 1.11 bits per heavy atom. The summed E-state index contributed by atoms with van der Waals surface area (Å²) < 4.78 is 0. The number of carbonyl (C=O) groups excluding carboxylic acids is 1. The van der Waals surface area contributed by atoms with Crippen LogP contribution in [-0.2, 0) is 0 Å². The van der Waals surface area contributed by atoms with Crippen molar-refractivity contribution in [3.8, 4) is 0 Å². The van der Waals surface area contributed by atoms with Crippen LogP contribution in [0.15, 0.2) is 18.2 Å². The molecule has 0 aliphatic carbocycles. The van der Waals surface area contributed by atoms with Gasteiger partial charge in [-0.2, -0.15) is 0 Å². The van der Waals surface area contributed by atoms with Crippen molar-refractivity contribution in [3.05, 3.63) is 28.8 Å². The highest BCUT2D eigenvalue weighted by molar-refractivity contribution is 6.34. The van der Waals surface area contributed by atoms with Crippen molar-refractivity contribution >= 4 is 23.1 Å². The van der Waals surface area contributed by atoms with Crippen molar-refractivity contribution in [1.82, 2.24) is 0 Å². The number of hydrogen-bond donors (Lipinski definition) is 1. The molecule has 1 aromatic carbocycles. The minimum atomic E-state index is 0.124. The third-order valence-electron chi connectivity index (χ3n) is 3.30. The van der Waals surface area contributed by atoms with Gasteiger partial charge in [-0.25, -0.2) is 0 Å². The van der Waals surface area contributed by atoms with Crippen LogP contribution in [0.2, 0.25) is 5.02 Å². The van der Waals surface area contributed by atoms with Crippen LogP contribution in [0, 0.1) is 0 Å². The van der Waals surface area contributed by atoms with Crippen molar-refractivity contribution in [1.29, 1.82) is 0 Å². The highest BCUT2D eigenvalue weighted by atomic mass is 35.5. The van der Waals surface area contributed by atoms with E-state index in [-0.39, 0.29) is 5.78 Å². The highest BCUT2D eigenvalue weighted by Gasteiger charge is 2.09. The van der Waals surface area contributed by atoms with Gasteiger partial charge in [0.15, 0.2) is 5.78 Å². The van der Waals surface area contributed by atoms with Crippen molar-refractivity contribution in [2.75, 3.05) is 5.73 Å². The molecule has 19 heavy (non-hydrogen) atoms. The average molecular weight is 282 g/mol. The van der Waals surface area contributed by atoms with Crippen molar-refractivity contribution in [2.45, 2.75) is 58.3 Å². The molecule has 0 amide bonds. The average Bonchev–Trinajstić information content (AvgIpc) is 2.37. The maximum atomic E-state index is 12.0. The highest BCUT2D eigenvalue weighted by Crippen LogP contribution is 2.21. The topological polar surface area (TPSA) is 43.1 Å².